The number of aromatic nitrogens is 3. The molecule has 0 saturated heterocycles. The van der Waals surface area contributed by atoms with Crippen LogP contribution in [0, 0.1) is 0 Å². The molecular weight excluding hydrogens is 384 g/mol. The van der Waals surface area contributed by atoms with E-state index >= 15 is 0 Å². The van der Waals surface area contributed by atoms with E-state index in [0.29, 0.717) is 24.2 Å². The van der Waals surface area contributed by atoms with Gasteiger partial charge >= 0.3 is 0 Å². The Balaban J connectivity index is 1.57. The van der Waals surface area contributed by atoms with Crippen LogP contribution in [0.15, 0.2) is 60.0 Å². The van der Waals surface area contributed by atoms with E-state index in [0.717, 1.165) is 17.0 Å². The molecule has 1 N–H and O–H groups in total. The number of carbonyl (C=O) groups excluding carboxylic acids is 1. The molecule has 0 bridgehead atoms. The van der Waals surface area contributed by atoms with Gasteiger partial charge in [-0.05, 0) is 36.6 Å². The Bertz CT molecular complexity index is 938. The van der Waals surface area contributed by atoms with E-state index < -0.39 is 0 Å². The summed E-state index contributed by atoms with van der Waals surface area (Å²) in [5.74, 6) is 1.48. The highest BCUT2D eigenvalue weighted by Crippen LogP contribution is 2.22. The van der Waals surface area contributed by atoms with Gasteiger partial charge < -0.3 is 10.1 Å². The average molecular weight is 411 g/mol. The number of nitrogens with one attached hydrogen (secondary N) is 1. The van der Waals surface area contributed by atoms with Crippen LogP contribution in [-0.2, 0) is 11.3 Å². The van der Waals surface area contributed by atoms with Crippen LogP contribution >= 0.6 is 11.8 Å². The van der Waals surface area contributed by atoms with Gasteiger partial charge in [-0.25, -0.2) is 0 Å². The summed E-state index contributed by atoms with van der Waals surface area (Å²) in [5.41, 5.74) is 3.22. The summed E-state index contributed by atoms with van der Waals surface area (Å²) in [6.07, 6.45) is 1.67. The molecule has 2 aromatic carbocycles. The van der Waals surface area contributed by atoms with Crippen molar-refractivity contribution in [3.8, 4) is 11.4 Å². The van der Waals surface area contributed by atoms with Crippen molar-refractivity contribution in [2.24, 2.45) is 0 Å². The van der Waals surface area contributed by atoms with Gasteiger partial charge in [-0.1, -0.05) is 55.9 Å². The highest BCUT2D eigenvalue weighted by molar-refractivity contribution is 7.99. The number of hydrogen-bond acceptors (Lipinski definition) is 5. The van der Waals surface area contributed by atoms with Gasteiger partial charge in [-0.3, -0.25) is 9.36 Å². The minimum atomic E-state index is -0.0639. The maximum absolute atomic E-state index is 12.3. The summed E-state index contributed by atoms with van der Waals surface area (Å²) in [5, 5.41) is 11.8. The van der Waals surface area contributed by atoms with Crippen LogP contribution in [0.2, 0.25) is 0 Å². The normalized spacial score (nSPS) is 10.9. The average Bonchev–Trinajstić information content (AvgIpc) is 3.20. The smallest absolute Gasteiger partial charge is 0.230 e. The van der Waals surface area contributed by atoms with Crippen LogP contribution < -0.4 is 10.1 Å². The van der Waals surface area contributed by atoms with E-state index in [1.807, 2.05) is 47.9 Å². The van der Waals surface area contributed by atoms with Gasteiger partial charge in [0.15, 0.2) is 5.16 Å². The van der Waals surface area contributed by atoms with Gasteiger partial charge in [0, 0.05) is 17.8 Å². The number of hydrogen-bond donors (Lipinski definition) is 1. The van der Waals surface area contributed by atoms with Gasteiger partial charge in [0.1, 0.15) is 12.1 Å². The number of para-hydroxylation sites is 1. The predicted molar refractivity (Wildman–Crippen MR) is 116 cm³/mol. The Kier molecular flexibility index (Phi) is 7.30. The quantitative estimate of drug-likeness (QED) is 0.536. The van der Waals surface area contributed by atoms with Crippen molar-refractivity contribution in [3.63, 3.8) is 0 Å². The Labute approximate surface area is 175 Å². The molecule has 0 aliphatic carbocycles. The minimum absolute atomic E-state index is 0.0639. The van der Waals surface area contributed by atoms with Crippen molar-refractivity contribution in [2.45, 2.75) is 38.4 Å². The fraction of sp³-hybridized carbons (Fsp3) is 0.318. The predicted octanol–water partition coefficient (Wildman–Crippen LogP) is 4.20. The van der Waals surface area contributed by atoms with Crippen molar-refractivity contribution in [1.82, 2.24) is 20.1 Å². The topological polar surface area (TPSA) is 69.0 Å². The molecule has 29 heavy (non-hydrogen) atoms. The van der Waals surface area contributed by atoms with Crippen molar-refractivity contribution < 1.29 is 9.53 Å². The second-order valence-corrected chi connectivity index (χ2v) is 7.78. The molecule has 3 aromatic rings. The van der Waals surface area contributed by atoms with E-state index in [-0.39, 0.29) is 11.7 Å². The van der Waals surface area contributed by atoms with Gasteiger partial charge in [-0.2, -0.15) is 0 Å². The third-order valence-corrected chi connectivity index (χ3v) is 5.38. The molecule has 0 saturated carbocycles. The third-order valence-electron chi connectivity index (χ3n) is 4.44. The van der Waals surface area contributed by atoms with Crippen LogP contribution in [0.4, 0.5) is 0 Å². The van der Waals surface area contributed by atoms with Crippen LogP contribution in [-0.4, -0.2) is 33.0 Å². The second kappa shape index (κ2) is 10.1. The lowest BCUT2D eigenvalue weighted by Crippen LogP contribution is -2.25. The summed E-state index contributed by atoms with van der Waals surface area (Å²) in [4.78, 5) is 12.3. The molecule has 152 valence electrons. The van der Waals surface area contributed by atoms with E-state index in [9.17, 15) is 4.79 Å². The second-order valence-electron chi connectivity index (χ2n) is 6.84. The summed E-state index contributed by atoms with van der Waals surface area (Å²) in [6, 6.07) is 16.0. The van der Waals surface area contributed by atoms with Crippen molar-refractivity contribution in [3.05, 3.63) is 66.0 Å². The molecular formula is C22H26N4O2S. The molecule has 0 aliphatic heterocycles. The first-order valence-electron chi connectivity index (χ1n) is 9.69. The first-order valence-corrected chi connectivity index (χ1v) is 10.7. The van der Waals surface area contributed by atoms with Crippen molar-refractivity contribution in [2.75, 3.05) is 12.4 Å². The van der Waals surface area contributed by atoms with E-state index in [4.69, 9.17) is 4.74 Å². The van der Waals surface area contributed by atoms with Crippen molar-refractivity contribution >= 4 is 17.7 Å². The van der Waals surface area contributed by atoms with Crippen molar-refractivity contribution in [1.29, 1.82) is 0 Å². The SMILES string of the molecule is CCOc1ccccc1CNC(=O)CSc1nncn1-c1ccc(C(C)C)cc1. The molecule has 0 aliphatic rings. The number of rotatable bonds is 9. The standard InChI is InChI=1S/C22H26N4O2S/c1-4-28-20-8-6-5-7-18(20)13-23-21(27)14-29-22-25-24-15-26(22)19-11-9-17(10-12-19)16(2)3/h5-12,15-16H,4,13-14H2,1-3H3,(H,23,27). The molecule has 1 amide bonds. The maximum Gasteiger partial charge on any atom is 0.230 e. The Morgan fingerprint density at radius 3 is 2.66 bits per heavy atom. The zero-order valence-electron chi connectivity index (χ0n) is 17.0. The molecule has 1 heterocycles. The molecule has 3 rings (SSSR count). The monoisotopic (exact) mass is 410 g/mol. The fourth-order valence-corrected chi connectivity index (χ4v) is 3.60. The fourth-order valence-electron chi connectivity index (χ4n) is 2.84. The molecule has 0 atom stereocenters. The Morgan fingerprint density at radius 2 is 1.93 bits per heavy atom. The van der Waals surface area contributed by atoms with Gasteiger partial charge in [0.05, 0.1) is 12.4 Å². The number of thioether (sulfide) groups is 1. The maximum atomic E-state index is 12.3. The lowest BCUT2D eigenvalue weighted by molar-refractivity contribution is -0.118. The Morgan fingerprint density at radius 1 is 1.17 bits per heavy atom. The number of carbonyl (C=O) groups is 1. The van der Waals surface area contributed by atoms with Gasteiger partial charge in [0.25, 0.3) is 0 Å². The lowest BCUT2D eigenvalue weighted by atomic mass is 10.0. The molecule has 0 spiro atoms. The van der Waals surface area contributed by atoms with Gasteiger partial charge in [0.2, 0.25) is 5.91 Å². The van der Waals surface area contributed by atoms with E-state index in [1.54, 1.807) is 6.33 Å². The summed E-state index contributed by atoms with van der Waals surface area (Å²) in [7, 11) is 0. The van der Waals surface area contributed by atoms with Crippen LogP contribution in [0.25, 0.3) is 5.69 Å². The summed E-state index contributed by atoms with van der Waals surface area (Å²) < 4.78 is 7.49. The zero-order valence-corrected chi connectivity index (χ0v) is 17.8. The molecule has 1 aromatic heterocycles. The lowest BCUT2D eigenvalue weighted by Gasteiger charge is -2.11. The highest BCUT2D eigenvalue weighted by atomic mass is 32.2. The number of ether oxygens (including phenoxy) is 1. The minimum Gasteiger partial charge on any atom is -0.494 e. The summed E-state index contributed by atoms with van der Waals surface area (Å²) >= 11 is 1.36. The van der Waals surface area contributed by atoms with Gasteiger partial charge in [-0.15, -0.1) is 10.2 Å². The molecule has 7 heteroatoms. The first kappa shape index (κ1) is 20.9. The molecule has 0 fully saturated rings. The van der Waals surface area contributed by atoms with E-state index in [1.165, 1.54) is 17.3 Å². The molecule has 0 unspecified atom stereocenters. The first-order chi connectivity index (χ1) is 14.1. The molecule has 0 radical (unpaired) electrons. The number of nitrogens with zero attached hydrogens (tertiary/aromatic N) is 3. The zero-order chi connectivity index (χ0) is 20.6. The van der Waals surface area contributed by atoms with Crippen LogP contribution in [0.3, 0.4) is 0 Å². The number of benzene rings is 2. The van der Waals surface area contributed by atoms with Crippen LogP contribution in [0.1, 0.15) is 37.8 Å². The van der Waals surface area contributed by atoms with E-state index in [2.05, 4.69) is 41.5 Å². The van der Waals surface area contributed by atoms with Crippen LogP contribution in [0.5, 0.6) is 5.75 Å². The third kappa shape index (κ3) is 5.60. The number of amides is 1. The Hall–Kier alpha value is -2.80. The highest BCUT2D eigenvalue weighted by Gasteiger charge is 2.11. The largest absolute Gasteiger partial charge is 0.494 e. The summed E-state index contributed by atoms with van der Waals surface area (Å²) in [6.45, 7) is 7.30. The molecule has 6 nitrogen and oxygen atoms in total.